The highest BCUT2D eigenvalue weighted by molar-refractivity contribution is 5.94. The van der Waals surface area contributed by atoms with Crippen LogP contribution in [0.4, 0.5) is 8.78 Å². The minimum atomic E-state index is -2.61. The molecule has 1 aromatic heterocycles. The number of aliphatic hydroxyl groups is 1. The predicted molar refractivity (Wildman–Crippen MR) is 84.1 cm³/mol. The van der Waals surface area contributed by atoms with Gasteiger partial charge >= 0.3 is 0 Å². The number of alkyl halides is 2. The third kappa shape index (κ3) is 5.27. The molecule has 1 atom stereocenters. The van der Waals surface area contributed by atoms with Crippen LogP contribution in [0, 0.1) is 0 Å². The Morgan fingerprint density at radius 2 is 2.00 bits per heavy atom. The zero-order valence-electron chi connectivity index (χ0n) is 12.9. The molecule has 0 aliphatic carbocycles. The van der Waals surface area contributed by atoms with Gasteiger partial charge in [0.15, 0.2) is 6.61 Å². The normalized spacial score (nSPS) is 12.0. The Hall–Kier alpha value is -2.54. The Morgan fingerprint density at radius 1 is 1.25 bits per heavy atom. The summed E-state index contributed by atoms with van der Waals surface area (Å²) in [6.45, 7) is -0.867. The summed E-state index contributed by atoms with van der Waals surface area (Å²) in [6, 6.07) is 11.7. The summed E-state index contributed by atoms with van der Waals surface area (Å²) in [4.78, 5) is 16.2. The van der Waals surface area contributed by atoms with Crippen LogP contribution >= 0.6 is 0 Å². The number of pyridine rings is 1. The summed E-state index contributed by atoms with van der Waals surface area (Å²) in [5.74, 6) is -0.442. The lowest BCUT2D eigenvalue weighted by atomic mass is 10.0. The van der Waals surface area contributed by atoms with Crippen LogP contribution in [0.3, 0.4) is 0 Å². The molecule has 1 amide bonds. The number of hydrogen-bond donors (Lipinski definition) is 2. The Morgan fingerprint density at radius 3 is 2.67 bits per heavy atom. The van der Waals surface area contributed by atoms with Gasteiger partial charge in [0.2, 0.25) is 5.88 Å². The van der Waals surface area contributed by atoms with Crippen LogP contribution in [-0.2, 0) is 0 Å². The molecule has 2 rings (SSSR count). The Kier molecular flexibility index (Phi) is 6.62. The van der Waals surface area contributed by atoms with E-state index in [-0.39, 0.29) is 24.1 Å². The molecule has 128 valence electrons. The van der Waals surface area contributed by atoms with Gasteiger partial charge in [-0.1, -0.05) is 30.3 Å². The van der Waals surface area contributed by atoms with E-state index in [1.807, 2.05) is 30.3 Å². The Bertz CT molecular complexity index is 653. The molecule has 1 heterocycles. The predicted octanol–water partition coefficient (Wildman–Crippen LogP) is 2.58. The van der Waals surface area contributed by atoms with Gasteiger partial charge in [-0.15, -0.1) is 0 Å². The molecular weight excluding hydrogens is 318 g/mol. The van der Waals surface area contributed by atoms with E-state index in [1.165, 1.54) is 18.3 Å². The summed E-state index contributed by atoms with van der Waals surface area (Å²) in [5.41, 5.74) is 1.11. The number of hydrogen-bond acceptors (Lipinski definition) is 4. The molecule has 2 aromatic rings. The number of amides is 1. The molecule has 0 bridgehead atoms. The van der Waals surface area contributed by atoms with Crippen LogP contribution in [0.25, 0.3) is 0 Å². The summed E-state index contributed by atoms with van der Waals surface area (Å²) in [6.07, 6.45) is -0.939. The lowest BCUT2D eigenvalue weighted by Crippen LogP contribution is -2.29. The molecule has 0 saturated heterocycles. The van der Waals surface area contributed by atoms with Gasteiger partial charge in [0.25, 0.3) is 12.3 Å². The first-order valence-corrected chi connectivity index (χ1v) is 7.44. The lowest BCUT2D eigenvalue weighted by Gasteiger charge is -2.18. The fourth-order valence-corrected chi connectivity index (χ4v) is 2.16. The first-order chi connectivity index (χ1) is 11.6. The van der Waals surface area contributed by atoms with E-state index in [1.54, 1.807) is 0 Å². The summed E-state index contributed by atoms with van der Waals surface area (Å²) in [7, 11) is 0. The highest BCUT2D eigenvalue weighted by Gasteiger charge is 2.16. The quantitative estimate of drug-likeness (QED) is 0.777. The third-order valence-electron chi connectivity index (χ3n) is 3.28. The van der Waals surface area contributed by atoms with Crippen LogP contribution < -0.4 is 10.1 Å². The molecular formula is C17H18F2N2O3. The second-order valence-electron chi connectivity index (χ2n) is 5.03. The van der Waals surface area contributed by atoms with Crippen molar-refractivity contribution in [2.75, 3.05) is 13.2 Å². The topological polar surface area (TPSA) is 71.5 Å². The maximum atomic E-state index is 12.4. The number of aliphatic hydroxyl groups excluding tert-OH is 1. The van der Waals surface area contributed by atoms with Crippen LogP contribution in [0.1, 0.15) is 28.4 Å². The van der Waals surface area contributed by atoms with Crippen molar-refractivity contribution in [1.29, 1.82) is 0 Å². The van der Waals surface area contributed by atoms with Crippen molar-refractivity contribution in [3.63, 3.8) is 0 Å². The average molecular weight is 336 g/mol. The zero-order chi connectivity index (χ0) is 17.4. The molecule has 0 radical (unpaired) electrons. The van der Waals surface area contributed by atoms with E-state index in [4.69, 9.17) is 4.74 Å². The fraction of sp³-hybridized carbons (Fsp3) is 0.294. The van der Waals surface area contributed by atoms with Crippen molar-refractivity contribution >= 4 is 5.91 Å². The lowest BCUT2D eigenvalue weighted by molar-refractivity contribution is 0.0794. The molecule has 0 saturated carbocycles. The number of carbonyl (C=O) groups is 1. The van der Waals surface area contributed by atoms with Crippen molar-refractivity contribution in [1.82, 2.24) is 10.3 Å². The second kappa shape index (κ2) is 8.93. The maximum absolute atomic E-state index is 12.4. The van der Waals surface area contributed by atoms with Crippen molar-refractivity contribution in [2.45, 2.75) is 18.9 Å². The highest BCUT2D eigenvalue weighted by atomic mass is 19.3. The van der Waals surface area contributed by atoms with Gasteiger partial charge in [-0.25, -0.2) is 13.8 Å². The molecule has 5 nitrogen and oxygen atoms in total. The summed E-state index contributed by atoms with van der Waals surface area (Å²) < 4.78 is 29.2. The largest absolute Gasteiger partial charge is 0.472 e. The van der Waals surface area contributed by atoms with Gasteiger partial charge in [-0.05, 0) is 18.1 Å². The highest BCUT2D eigenvalue weighted by Crippen LogP contribution is 2.18. The van der Waals surface area contributed by atoms with Crippen LogP contribution in [0.2, 0.25) is 0 Å². The monoisotopic (exact) mass is 336 g/mol. The third-order valence-corrected chi connectivity index (χ3v) is 3.28. The van der Waals surface area contributed by atoms with Crippen molar-refractivity contribution in [3.05, 3.63) is 59.8 Å². The minimum absolute atomic E-state index is 0.0404. The van der Waals surface area contributed by atoms with Crippen molar-refractivity contribution < 1.29 is 23.4 Å². The molecule has 0 spiro atoms. The molecule has 1 aromatic carbocycles. The first kappa shape index (κ1) is 17.8. The van der Waals surface area contributed by atoms with E-state index < -0.39 is 18.9 Å². The van der Waals surface area contributed by atoms with Gasteiger partial charge in [-0.3, -0.25) is 4.79 Å². The number of rotatable bonds is 8. The van der Waals surface area contributed by atoms with Gasteiger partial charge in [0.05, 0.1) is 6.04 Å². The summed E-state index contributed by atoms with van der Waals surface area (Å²) >= 11 is 0. The maximum Gasteiger partial charge on any atom is 0.272 e. The number of aromatic nitrogens is 1. The van der Waals surface area contributed by atoms with Gasteiger partial charge in [0.1, 0.15) is 0 Å². The van der Waals surface area contributed by atoms with Crippen molar-refractivity contribution in [3.8, 4) is 5.88 Å². The molecule has 0 fully saturated rings. The summed E-state index contributed by atoms with van der Waals surface area (Å²) in [5, 5.41) is 12.0. The molecule has 0 aliphatic heterocycles. The average Bonchev–Trinajstić information content (AvgIpc) is 2.60. The number of benzene rings is 1. The van der Waals surface area contributed by atoms with Crippen molar-refractivity contribution in [2.24, 2.45) is 0 Å². The number of carbonyl (C=O) groups excluding carboxylic acids is 1. The molecule has 2 N–H and O–H groups in total. The SMILES string of the molecule is O=C(NC(CCO)c1ccccc1)c1ccnc(OCC(F)F)c1. The van der Waals surface area contributed by atoms with E-state index >= 15 is 0 Å². The van der Waals surface area contributed by atoms with Gasteiger partial charge in [0, 0.05) is 24.4 Å². The Labute approximate surface area is 138 Å². The van der Waals surface area contributed by atoms with E-state index in [9.17, 15) is 18.7 Å². The fourth-order valence-electron chi connectivity index (χ4n) is 2.16. The van der Waals surface area contributed by atoms with Gasteiger partial charge in [-0.2, -0.15) is 0 Å². The van der Waals surface area contributed by atoms with Crippen LogP contribution in [-0.4, -0.2) is 35.6 Å². The first-order valence-electron chi connectivity index (χ1n) is 7.44. The van der Waals surface area contributed by atoms with E-state index in [0.717, 1.165) is 5.56 Å². The number of nitrogens with one attached hydrogen (secondary N) is 1. The zero-order valence-corrected chi connectivity index (χ0v) is 12.9. The molecule has 0 aliphatic rings. The number of nitrogens with zero attached hydrogens (tertiary/aromatic N) is 1. The molecule has 7 heteroatoms. The second-order valence-corrected chi connectivity index (χ2v) is 5.03. The Balaban J connectivity index is 2.08. The molecule has 1 unspecified atom stereocenters. The minimum Gasteiger partial charge on any atom is -0.472 e. The van der Waals surface area contributed by atoms with Crippen LogP contribution in [0.15, 0.2) is 48.7 Å². The number of ether oxygens (including phenoxy) is 1. The smallest absolute Gasteiger partial charge is 0.272 e. The van der Waals surface area contributed by atoms with Crippen LogP contribution in [0.5, 0.6) is 5.88 Å². The van der Waals surface area contributed by atoms with Gasteiger partial charge < -0.3 is 15.2 Å². The molecule has 24 heavy (non-hydrogen) atoms. The van der Waals surface area contributed by atoms with E-state index in [0.29, 0.717) is 6.42 Å². The number of halogens is 2. The van der Waals surface area contributed by atoms with E-state index in [2.05, 4.69) is 10.3 Å². The standard InChI is InChI=1S/C17H18F2N2O3/c18-15(19)11-24-16-10-13(6-8-20-16)17(23)21-14(7-9-22)12-4-2-1-3-5-12/h1-6,8,10,14-15,22H,7,9,11H2,(H,21,23).